The minimum Gasteiger partial charge on any atom is -0.379 e. The van der Waals surface area contributed by atoms with Gasteiger partial charge in [-0.25, -0.2) is 0 Å². The summed E-state index contributed by atoms with van der Waals surface area (Å²) < 4.78 is 30.9. The highest BCUT2D eigenvalue weighted by atomic mass is 32.2. The average molecular weight is 196 g/mol. The zero-order valence-electron chi connectivity index (χ0n) is 7.74. The molecule has 1 unspecified atom stereocenters. The Kier molecular flexibility index (Phi) is 5.44. The fraction of sp³-hybridized carbons (Fsp3) is 1.00. The van der Waals surface area contributed by atoms with Gasteiger partial charge in [0, 0.05) is 6.61 Å². The van der Waals surface area contributed by atoms with E-state index in [4.69, 9.17) is 4.74 Å². The summed E-state index contributed by atoms with van der Waals surface area (Å²) in [6.45, 7) is 4.61. The van der Waals surface area contributed by atoms with Crippen LogP contribution in [0, 0.1) is 0 Å². The SMILES string of the molecule is CCCOCC(C)OS(C)(=O)=O. The molecule has 0 aliphatic rings. The van der Waals surface area contributed by atoms with Crippen LogP contribution < -0.4 is 0 Å². The molecule has 0 aromatic carbocycles. The molecule has 0 amide bonds. The molecule has 0 saturated carbocycles. The minimum atomic E-state index is -3.34. The molecule has 0 saturated heterocycles. The Morgan fingerprint density at radius 1 is 1.42 bits per heavy atom. The van der Waals surface area contributed by atoms with E-state index in [1.54, 1.807) is 6.92 Å². The molecule has 0 aliphatic carbocycles. The van der Waals surface area contributed by atoms with E-state index < -0.39 is 16.2 Å². The summed E-state index contributed by atoms with van der Waals surface area (Å²) in [7, 11) is -3.34. The number of ether oxygens (including phenoxy) is 1. The van der Waals surface area contributed by atoms with Gasteiger partial charge in [0.1, 0.15) is 0 Å². The Bertz CT molecular complexity index is 197. The van der Waals surface area contributed by atoms with E-state index in [1.165, 1.54) is 0 Å². The molecule has 0 bridgehead atoms. The molecular formula is C7H16O4S. The molecule has 74 valence electrons. The Morgan fingerprint density at radius 3 is 2.42 bits per heavy atom. The van der Waals surface area contributed by atoms with Gasteiger partial charge < -0.3 is 4.74 Å². The Labute approximate surface area is 74.0 Å². The third-order valence-electron chi connectivity index (χ3n) is 1.04. The Balaban J connectivity index is 3.53. The molecule has 0 radical (unpaired) electrons. The van der Waals surface area contributed by atoms with E-state index in [-0.39, 0.29) is 0 Å². The van der Waals surface area contributed by atoms with Crippen molar-refractivity contribution < 1.29 is 17.3 Å². The quantitative estimate of drug-likeness (QED) is 0.465. The van der Waals surface area contributed by atoms with E-state index in [2.05, 4.69) is 4.18 Å². The topological polar surface area (TPSA) is 52.6 Å². The van der Waals surface area contributed by atoms with Crippen LogP contribution in [-0.4, -0.2) is 34.0 Å². The average Bonchev–Trinajstić information content (AvgIpc) is 1.84. The van der Waals surface area contributed by atoms with Crippen molar-refractivity contribution in [3.8, 4) is 0 Å². The number of hydrogen-bond donors (Lipinski definition) is 0. The summed E-state index contributed by atoms with van der Waals surface area (Å²) >= 11 is 0. The van der Waals surface area contributed by atoms with Gasteiger partial charge in [-0.3, -0.25) is 4.18 Å². The van der Waals surface area contributed by atoms with Crippen LogP contribution in [0.4, 0.5) is 0 Å². The zero-order chi connectivity index (χ0) is 9.61. The molecule has 1 atom stereocenters. The van der Waals surface area contributed by atoms with E-state index in [0.29, 0.717) is 13.2 Å². The maximum atomic E-state index is 10.6. The second kappa shape index (κ2) is 5.50. The third-order valence-corrected chi connectivity index (χ3v) is 1.72. The molecule has 0 spiro atoms. The molecule has 0 aromatic rings. The number of hydrogen-bond acceptors (Lipinski definition) is 4. The van der Waals surface area contributed by atoms with Gasteiger partial charge in [0.2, 0.25) is 0 Å². The minimum absolute atomic E-state index is 0.320. The molecule has 0 N–H and O–H groups in total. The summed E-state index contributed by atoms with van der Waals surface area (Å²) in [4.78, 5) is 0. The van der Waals surface area contributed by atoms with Crippen LogP contribution in [0.15, 0.2) is 0 Å². The molecule has 5 heteroatoms. The van der Waals surface area contributed by atoms with Crippen molar-refractivity contribution in [1.82, 2.24) is 0 Å². The second-order valence-electron chi connectivity index (χ2n) is 2.69. The van der Waals surface area contributed by atoms with Crippen LogP contribution >= 0.6 is 0 Å². The lowest BCUT2D eigenvalue weighted by Crippen LogP contribution is -2.19. The van der Waals surface area contributed by atoms with Crippen LogP contribution in [0.3, 0.4) is 0 Å². The predicted molar refractivity (Wildman–Crippen MR) is 46.5 cm³/mol. The Hall–Kier alpha value is -0.130. The maximum Gasteiger partial charge on any atom is 0.264 e. The first-order chi connectivity index (χ1) is 5.45. The molecule has 0 aromatic heterocycles. The van der Waals surface area contributed by atoms with Gasteiger partial charge >= 0.3 is 0 Å². The van der Waals surface area contributed by atoms with Gasteiger partial charge in [-0.15, -0.1) is 0 Å². The van der Waals surface area contributed by atoms with Gasteiger partial charge in [-0.2, -0.15) is 8.42 Å². The van der Waals surface area contributed by atoms with Crippen LogP contribution in [0.2, 0.25) is 0 Å². The molecule has 0 fully saturated rings. The van der Waals surface area contributed by atoms with Gasteiger partial charge in [-0.05, 0) is 13.3 Å². The van der Waals surface area contributed by atoms with Crippen molar-refractivity contribution in [2.45, 2.75) is 26.4 Å². The van der Waals surface area contributed by atoms with E-state index >= 15 is 0 Å². The summed E-state index contributed by atoms with van der Waals surface area (Å²) in [5.74, 6) is 0. The lowest BCUT2D eigenvalue weighted by molar-refractivity contribution is 0.0625. The van der Waals surface area contributed by atoms with E-state index in [1.807, 2.05) is 6.92 Å². The Morgan fingerprint density at radius 2 is 2.00 bits per heavy atom. The summed E-state index contributed by atoms with van der Waals surface area (Å²) in [6.07, 6.45) is 1.56. The molecular weight excluding hydrogens is 180 g/mol. The molecule has 4 nitrogen and oxygen atoms in total. The number of rotatable bonds is 6. The molecule has 0 heterocycles. The highest BCUT2D eigenvalue weighted by Crippen LogP contribution is 1.97. The summed E-state index contributed by atoms with van der Waals surface area (Å²) in [5.41, 5.74) is 0. The maximum absolute atomic E-state index is 10.6. The largest absolute Gasteiger partial charge is 0.379 e. The predicted octanol–water partition coefficient (Wildman–Crippen LogP) is 0.778. The van der Waals surface area contributed by atoms with E-state index in [0.717, 1.165) is 12.7 Å². The molecule has 12 heavy (non-hydrogen) atoms. The first-order valence-corrected chi connectivity index (χ1v) is 5.73. The van der Waals surface area contributed by atoms with Gasteiger partial charge in [0.05, 0.1) is 19.0 Å². The summed E-state index contributed by atoms with van der Waals surface area (Å²) in [5, 5.41) is 0. The standard InChI is InChI=1S/C7H16O4S/c1-4-5-10-6-7(2)11-12(3,8)9/h7H,4-6H2,1-3H3. The lowest BCUT2D eigenvalue weighted by Gasteiger charge is -2.10. The van der Waals surface area contributed by atoms with Gasteiger partial charge in [0.15, 0.2) is 0 Å². The smallest absolute Gasteiger partial charge is 0.264 e. The zero-order valence-corrected chi connectivity index (χ0v) is 8.56. The van der Waals surface area contributed by atoms with Crippen LogP contribution in [0.5, 0.6) is 0 Å². The van der Waals surface area contributed by atoms with Gasteiger partial charge in [-0.1, -0.05) is 6.92 Å². The lowest BCUT2D eigenvalue weighted by atomic mass is 10.4. The van der Waals surface area contributed by atoms with Crippen molar-refractivity contribution in [2.75, 3.05) is 19.5 Å². The van der Waals surface area contributed by atoms with Crippen molar-refractivity contribution in [3.05, 3.63) is 0 Å². The normalized spacial score (nSPS) is 14.6. The second-order valence-corrected chi connectivity index (χ2v) is 4.29. The van der Waals surface area contributed by atoms with Crippen LogP contribution in [0.25, 0.3) is 0 Å². The first kappa shape index (κ1) is 11.9. The van der Waals surface area contributed by atoms with Crippen molar-refractivity contribution in [1.29, 1.82) is 0 Å². The van der Waals surface area contributed by atoms with Crippen molar-refractivity contribution in [3.63, 3.8) is 0 Å². The summed E-state index contributed by atoms with van der Waals surface area (Å²) in [6, 6.07) is 0. The molecule has 0 aliphatic heterocycles. The third kappa shape index (κ3) is 7.97. The van der Waals surface area contributed by atoms with Crippen LogP contribution in [0.1, 0.15) is 20.3 Å². The van der Waals surface area contributed by atoms with E-state index in [9.17, 15) is 8.42 Å². The van der Waals surface area contributed by atoms with Crippen LogP contribution in [-0.2, 0) is 19.0 Å². The monoisotopic (exact) mass is 196 g/mol. The fourth-order valence-corrected chi connectivity index (χ4v) is 1.37. The highest BCUT2D eigenvalue weighted by molar-refractivity contribution is 7.86. The molecule has 0 rings (SSSR count). The van der Waals surface area contributed by atoms with Gasteiger partial charge in [0.25, 0.3) is 10.1 Å². The van der Waals surface area contributed by atoms with Crippen molar-refractivity contribution in [2.24, 2.45) is 0 Å². The first-order valence-electron chi connectivity index (χ1n) is 3.91. The highest BCUT2D eigenvalue weighted by Gasteiger charge is 2.09. The fourth-order valence-electron chi connectivity index (χ4n) is 0.720. The van der Waals surface area contributed by atoms with Crippen molar-refractivity contribution >= 4 is 10.1 Å².